The first kappa shape index (κ1) is 9.16. The van der Waals surface area contributed by atoms with Gasteiger partial charge >= 0.3 is 6.18 Å². The van der Waals surface area contributed by atoms with Crippen molar-refractivity contribution in [2.45, 2.75) is 19.0 Å². The van der Waals surface area contributed by atoms with E-state index in [-0.39, 0.29) is 6.42 Å². The molecule has 0 bridgehead atoms. The van der Waals surface area contributed by atoms with Crippen molar-refractivity contribution in [3.05, 3.63) is 23.5 Å². The minimum atomic E-state index is -4.21. The highest BCUT2D eigenvalue weighted by Gasteiger charge is 2.33. The number of halogens is 3. The second-order valence-electron chi connectivity index (χ2n) is 2.52. The van der Waals surface area contributed by atoms with Gasteiger partial charge in [-0.15, -0.1) is 0 Å². The van der Waals surface area contributed by atoms with Crippen molar-refractivity contribution in [3.63, 3.8) is 0 Å². The monoisotopic (exact) mass is 178 g/mol. The summed E-state index contributed by atoms with van der Waals surface area (Å²) in [5, 5.41) is 0. The van der Waals surface area contributed by atoms with Gasteiger partial charge in [-0.3, -0.25) is 0 Å². The third-order valence-electron chi connectivity index (χ3n) is 1.68. The van der Waals surface area contributed by atoms with E-state index in [1.807, 2.05) is 0 Å². The molecule has 1 rings (SSSR count). The first-order valence-corrected chi connectivity index (χ1v) is 3.56. The second kappa shape index (κ2) is 3.21. The van der Waals surface area contributed by atoms with Gasteiger partial charge in [-0.05, 0) is 25.0 Å². The van der Waals surface area contributed by atoms with Crippen LogP contribution in [0, 0.1) is 0 Å². The number of alkyl halides is 3. The van der Waals surface area contributed by atoms with E-state index in [2.05, 4.69) is 0 Å². The van der Waals surface area contributed by atoms with Gasteiger partial charge in [-0.2, -0.15) is 13.2 Å². The highest BCUT2D eigenvalue weighted by molar-refractivity contribution is 5.26. The summed E-state index contributed by atoms with van der Waals surface area (Å²) >= 11 is 0. The Labute approximate surface area is 68.5 Å². The Kier molecular flexibility index (Phi) is 2.45. The Morgan fingerprint density at radius 1 is 1.42 bits per heavy atom. The van der Waals surface area contributed by atoms with Crippen LogP contribution in [0.4, 0.5) is 13.2 Å². The topological polar surface area (TPSA) is 9.23 Å². The van der Waals surface area contributed by atoms with E-state index in [0.29, 0.717) is 12.2 Å². The molecule has 12 heavy (non-hydrogen) atoms. The summed E-state index contributed by atoms with van der Waals surface area (Å²) in [4.78, 5) is 0. The number of methoxy groups -OCH3 is 1. The molecule has 0 aromatic carbocycles. The molecule has 68 valence electrons. The second-order valence-corrected chi connectivity index (χ2v) is 2.52. The molecule has 4 heteroatoms. The lowest BCUT2D eigenvalue weighted by molar-refractivity contribution is -0.0944. The van der Waals surface area contributed by atoms with Crippen LogP contribution in [0.15, 0.2) is 23.5 Å². The Morgan fingerprint density at radius 2 is 2.08 bits per heavy atom. The van der Waals surface area contributed by atoms with Gasteiger partial charge in [0, 0.05) is 5.57 Å². The summed E-state index contributed by atoms with van der Waals surface area (Å²) in [6.45, 7) is 0. The van der Waals surface area contributed by atoms with Gasteiger partial charge in [0.2, 0.25) is 0 Å². The van der Waals surface area contributed by atoms with Crippen molar-refractivity contribution in [1.29, 1.82) is 0 Å². The summed E-state index contributed by atoms with van der Waals surface area (Å²) in [6.07, 6.45) is -1.07. The number of rotatable bonds is 1. The smallest absolute Gasteiger partial charge is 0.412 e. The molecule has 0 aromatic rings. The molecule has 0 unspecified atom stereocenters. The van der Waals surface area contributed by atoms with Crippen LogP contribution in [-0.4, -0.2) is 13.3 Å². The highest BCUT2D eigenvalue weighted by atomic mass is 19.4. The molecule has 0 fully saturated rings. The molecule has 0 heterocycles. The van der Waals surface area contributed by atoms with Crippen LogP contribution in [0.3, 0.4) is 0 Å². The number of hydrogen-bond donors (Lipinski definition) is 0. The van der Waals surface area contributed by atoms with Crippen LogP contribution in [-0.2, 0) is 4.74 Å². The van der Waals surface area contributed by atoms with E-state index >= 15 is 0 Å². The predicted octanol–water partition coefficient (Wildman–Crippen LogP) is 2.80. The molecule has 1 aliphatic carbocycles. The molecule has 0 aliphatic heterocycles. The fourth-order valence-corrected chi connectivity index (χ4v) is 1.04. The fourth-order valence-electron chi connectivity index (χ4n) is 1.04. The van der Waals surface area contributed by atoms with Gasteiger partial charge in [-0.25, -0.2) is 0 Å². The van der Waals surface area contributed by atoms with E-state index < -0.39 is 11.7 Å². The molecule has 0 N–H and O–H groups in total. The minimum absolute atomic E-state index is 0.0519. The van der Waals surface area contributed by atoms with Crippen LogP contribution in [0.2, 0.25) is 0 Å². The van der Waals surface area contributed by atoms with Gasteiger partial charge in [0.05, 0.1) is 7.11 Å². The van der Waals surface area contributed by atoms with Crippen molar-refractivity contribution in [2.75, 3.05) is 7.11 Å². The third-order valence-corrected chi connectivity index (χ3v) is 1.68. The van der Waals surface area contributed by atoms with Crippen LogP contribution in [0.1, 0.15) is 12.8 Å². The molecular weight excluding hydrogens is 169 g/mol. The minimum Gasteiger partial charge on any atom is -0.497 e. The molecule has 0 amide bonds. The van der Waals surface area contributed by atoms with Gasteiger partial charge < -0.3 is 4.74 Å². The normalized spacial score (nSPS) is 18.3. The molecule has 0 spiro atoms. The van der Waals surface area contributed by atoms with Crippen LogP contribution in [0.25, 0.3) is 0 Å². The molecule has 0 saturated carbocycles. The highest BCUT2D eigenvalue weighted by Crippen LogP contribution is 2.32. The maximum Gasteiger partial charge on any atom is 0.412 e. The van der Waals surface area contributed by atoms with Crippen molar-refractivity contribution in [2.24, 2.45) is 0 Å². The SMILES string of the molecule is COC1=CCCC(C(F)(F)F)=C1. The average molecular weight is 178 g/mol. The Morgan fingerprint density at radius 3 is 2.58 bits per heavy atom. The molecule has 0 saturated heterocycles. The van der Waals surface area contributed by atoms with Crippen LogP contribution >= 0.6 is 0 Å². The molecule has 1 aliphatic rings. The van der Waals surface area contributed by atoms with Gasteiger partial charge in [0.25, 0.3) is 0 Å². The van der Waals surface area contributed by atoms with Crippen molar-refractivity contribution < 1.29 is 17.9 Å². The number of hydrogen-bond acceptors (Lipinski definition) is 1. The largest absolute Gasteiger partial charge is 0.497 e. The Hall–Kier alpha value is -0.930. The molecule has 1 nitrogen and oxygen atoms in total. The van der Waals surface area contributed by atoms with Crippen molar-refractivity contribution in [3.8, 4) is 0 Å². The van der Waals surface area contributed by atoms with Crippen molar-refractivity contribution >= 4 is 0 Å². The first-order valence-electron chi connectivity index (χ1n) is 3.56. The summed E-state index contributed by atoms with van der Waals surface area (Å²) in [5.74, 6) is 0.300. The standard InChI is InChI=1S/C8H9F3O/c1-12-7-4-2-3-6(5-7)8(9,10)11/h4-5H,2-3H2,1H3. The maximum absolute atomic E-state index is 12.1. The zero-order valence-corrected chi connectivity index (χ0v) is 6.61. The maximum atomic E-state index is 12.1. The quantitative estimate of drug-likeness (QED) is 0.599. The average Bonchev–Trinajstić information content (AvgIpc) is 2.03. The van der Waals surface area contributed by atoms with Gasteiger partial charge in [0.15, 0.2) is 0 Å². The van der Waals surface area contributed by atoms with Gasteiger partial charge in [-0.1, -0.05) is 0 Å². The summed E-state index contributed by atoms with van der Waals surface area (Å²) in [7, 11) is 1.36. The molecule has 0 aromatic heterocycles. The Bertz CT molecular complexity index is 225. The summed E-state index contributed by atoms with van der Waals surface area (Å²) in [5.41, 5.74) is -0.512. The van der Waals surface area contributed by atoms with E-state index in [4.69, 9.17) is 4.74 Å². The lowest BCUT2D eigenvalue weighted by atomic mass is 10.0. The van der Waals surface area contributed by atoms with E-state index in [1.165, 1.54) is 7.11 Å². The lowest BCUT2D eigenvalue weighted by Gasteiger charge is -2.15. The van der Waals surface area contributed by atoms with Crippen LogP contribution < -0.4 is 0 Å². The zero-order chi connectivity index (χ0) is 9.19. The summed E-state index contributed by atoms with van der Waals surface area (Å²) in [6, 6.07) is 0. The molecule has 0 atom stereocenters. The lowest BCUT2D eigenvalue weighted by Crippen LogP contribution is -2.13. The summed E-state index contributed by atoms with van der Waals surface area (Å²) < 4.78 is 41.0. The fraction of sp³-hybridized carbons (Fsp3) is 0.500. The van der Waals surface area contributed by atoms with E-state index in [1.54, 1.807) is 6.08 Å². The number of allylic oxidation sites excluding steroid dienone is 3. The number of ether oxygens (including phenoxy) is 1. The first-order chi connectivity index (χ1) is 5.54. The predicted molar refractivity (Wildman–Crippen MR) is 38.5 cm³/mol. The molecule has 0 radical (unpaired) electrons. The van der Waals surface area contributed by atoms with Crippen LogP contribution in [0.5, 0.6) is 0 Å². The molecular formula is C8H9F3O. The van der Waals surface area contributed by atoms with E-state index in [9.17, 15) is 13.2 Å². The van der Waals surface area contributed by atoms with Gasteiger partial charge in [0.1, 0.15) is 5.76 Å². The van der Waals surface area contributed by atoms with E-state index in [0.717, 1.165) is 6.08 Å². The van der Waals surface area contributed by atoms with Crippen molar-refractivity contribution in [1.82, 2.24) is 0 Å². The Balaban J connectivity index is 2.80. The third kappa shape index (κ3) is 2.03. The zero-order valence-electron chi connectivity index (χ0n) is 6.61.